The standard InChI is InChI=1S/C15H18F3N3/c1-11(2)19-9-12-3-5-13(6-4-12)10-21-8-7-14(20-21)15(16,17)18/h3-8,11,19H,9-10H2,1-2H3. The summed E-state index contributed by atoms with van der Waals surface area (Å²) in [6.45, 7) is 5.25. The molecule has 0 aliphatic carbocycles. The fraction of sp³-hybridized carbons (Fsp3) is 0.400. The van der Waals surface area contributed by atoms with E-state index in [1.165, 1.54) is 10.9 Å². The van der Waals surface area contributed by atoms with E-state index in [0.717, 1.165) is 23.7 Å². The smallest absolute Gasteiger partial charge is 0.310 e. The average molecular weight is 297 g/mol. The van der Waals surface area contributed by atoms with Crippen molar-refractivity contribution in [2.45, 2.75) is 39.2 Å². The molecule has 0 saturated heterocycles. The lowest BCUT2D eigenvalue weighted by molar-refractivity contribution is -0.141. The van der Waals surface area contributed by atoms with Crippen molar-refractivity contribution in [3.05, 3.63) is 53.3 Å². The molecule has 6 heteroatoms. The number of benzene rings is 1. The maximum atomic E-state index is 12.5. The van der Waals surface area contributed by atoms with Gasteiger partial charge in [0.1, 0.15) is 0 Å². The molecule has 3 nitrogen and oxygen atoms in total. The topological polar surface area (TPSA) is 29.9 Å². The molecule has 0 spiro atoms. The summed E-state index contributed by atoms with van der Waals surface area (Å²) in [5.74, 6) is 0. The van der Waals surface area contributed by atoms with E-state index < -0.39 is 11.9 Å². The Morgan fingerprint density at radius 1 is 1.10 bits per heavy atom. The lowest BCUT2D eigenvalue weighted by atomic mass is 10.1. The summed E-state index contributed by atoms with van der Waals surface area (Å²) in [6.07, 6.45) is -3.05. The van der Waals surface area contributed by atoms with E-state index in [-0.39, 0.29) is 0 Å². The Morgan fingerprint density at radius 2 is 1.71 bits per heavy atom. The molecular formula is C15H18F3N3. The molecule has 1 heterocycles. The van der Waals surface area contributed by atoms with E-state index in [1.807, 2.05) is 24.3 Å². The molecule has 0 radical (unpaired) electrons. The van der Waals surface area contributed by atoms with Gasteiger partial charge in [0.15, 0.2) is 5.69 Å². The Hall–Kier alpha value is -1.82. The lowest BCUT2D eigenvalue weighted by Crippen LogP contribution is -2.21. The summed E-state index contributed by atoms with van der Waals surface area (Å²) in [4.78, 5) is 0. The van der Waals surface area contributed by atoms with E-state index in [1.54, 1.807) is 0 Å². The molecule has 1 aromatic carbocycles. The van der Waals surface area contributed by atoms with Crippen molar-refractivity contribution >= 4 is 0 Å². The summed E-state index contributed by atoms with van der Waals surface area (Å²) in [5.41, 5.74) is 1.20. The van der Waals surface area contributed by atoms with Crippen molar-refractivity contribution in [2.24, 2.45) is 0 Å². The largest absolute Gasteiger partial charge is 0.435 e. The van der Waals surface area contributed by atoms with Crippen molar-refractivity contribution in [3.63, 3.8) is 0 Å². The third-order valence-corrected chi connectivity index (χ3v) is 3.01. The third-order valence-electron chi connectivity index (χ3n) is 3.01. The summed E-state index contributed by atoms with van der Waals surface area (Å²) < 4.78 is 38.7. The van der Waals surface area contributed by atoms with Crippen LogP contribution in [0.3, 0.4) is 0 Å². The highest BCUT2D eigenvalue weighted by atomic mass is 19.4. The van der Waals surface area contributed by atoms with Crippen LogP contribution in [0.2, 0.25) is 0 Å². The van der Waals surface area contributed by atoms with Crippen molar-refractivity contribution < 1.29 is 13.2 Å². The predicted molar refractivity (Wildman–Crippen MR) is 74.7 cm³/mol. The summed E-state index contributed by atoms with van der Waals surface area (Å²) in [7, 11) is 0. The number of hydrogen-bond donors (Lipinski definition) is 1. The molecule has 0 fully saturated rings. The van der Waals surface area contributed by atoms with E-state index in [4.69, 9.17) is 0 Å². The number of nitrogens with zero attached hydrogens (tertiary/aromatic N) is 2. The van der Waals surface area contributed by atoms with Gasteiger partial charge in [-0.15, -0.1) is 0 Å². The molecule has 2 aromatic rings. The number of aromatic nitrogens is 2. The van der Waals surface area contributed by atoms with Gasteiger partial charge in [-0.05, 0) is 17.2 Å². The fourth-order valence-corrected chi connectivity index (χ4v) is 1.87. The van der Waals surface area contributed by atoms with Crippen LogP contribution in [-0.2, 0) is 19.3 Å². The molecule has 0 atom stereocenters. The summed E-state index contributed by atoms with van der Waals surface area (Å²) >= 11 is 0. The van der Waals surface area contributed by atoms with Gasteiger partial charge in [-0.3, -0.25) is 4.68 Å². The second kappa shape index (κ2) is 6.30. The van der Waals surface area contributed by atoms with E-state index in [0.29, 0.717) is 12.6 Å². The molecule has 0 bridgehead atoms. The Bertz CT molecular complexity index is 571. The van der Waals surface area contributed by atoms with Gasteiger partial charge in [-0.25, -0.2) is 0 Å². The van der Waals surface area contributed by atoms with Gasteiger partial charge in [0, 0.05) is 18.8 Å². The highest BCUT2D eigenvalue weighted by Gasteiger charge is 2.33. The van der Waals surface area contributed by atoms with Crippen LogP contribution < -0.4 is 5.32 Å². The first-order chi connectivity index (χ1) is 9.84. The number of nitrogens with one attached hydrogen (secondary N) is 1. The van der Waals surface area contributed by atoms with E-state index in [2.05, 4.69) is 24.3 Å². The first kappa shape index (κ1) is 15.6. The Kier molecular flexibility index (Phi) is 4.67. The molecule has 0 amide bonds. The quantitative estimate of drug-likeness (QED) is 0.916. The van der Waals surface area contributed by atoms with Crippen molar-refractivity contribution in [1.29, 1.82) is 0 Å². The highest BCUT2D eigenvalue weighted by molar-refractivity contribution is 5.22. The predicted octanol–water partition coefficient (Wildman–Crippen LogP) is 3.45. The molecule has 0 aliphatic heterocycles. The molecule has 0 saturated carbocycles. The normalized spacial score (nSPS) is 12.1. The third kappa shape index (κ3) is 4.60. The van der Waals surface area contributed by atoms with Crippen LogP contribution in [-0.4, -0.2) is 15.8 Å². The van der Waals surface area contributed by atoms with Crippen LogP contribution in [0.15, 0.2) is 36.5 Å². The molecule has 0 unspecified atom stereocenters. The number of alkyl halides is 3. The minimum atomic E-state index is -4.39. The molecular weight excluding hydrogens is 279 g/mol. The van der Waals surface area contributed by atoms with Gasteiger partial charge in [0.2, 0.25) is 0 Å². The second-order valence-corrected chi connectivity index (χ2v) is 5.25. The van der Waals surface area contributed by atoms with Gasteiger partial charge in [-0.1, -0.05) is 38.1 Å². The van der Waals surface area contributed by atoms with Gasteiger partial charge < -0.3 is 5.32 Å². The molecule has 1 N–H and O–H groups in total. The van der Waals surface area contributed by atoms with Gasteiger partial charge in [0.05, 0.1) is 6.54 Å². The van der Waals surface area contributed by atoms with Gasteiger partial charge in [0.25, 0.3) is 0 Å². The Morgan fingerprint density at radius 3 is 2.24 bits per heavy atom. The zero-order valence-corrected chi connectivity index (χ0v) is 12.0. The van der Waals surface area contributed by atoms with E-state index >= 15 is 0 Å². The molecule has 114 valence electrons. The summed E-state index contributed by atoms with van der Waals surface area (Å²) in [5, 5.41) is 6.85. The minimum Gasteiger partial charge on any atom is -0.310 e. The number of rotatable bonds is 5. The monoisotopic (exact) mass is 297 g/mol. The van der Waals surface area contributed by atoms with Crippen LogP contribution >= 0.6 is 0 Å². The Balaban J connectivity index is 1.98. The van der Waals surface area contributed by atoms with Crippen LogP contribution in [0.25, 0.3) is 0 Å². The van der Waals surface area contributed by atoms with Gasteiger partial charge >= 0.3 is 6.18 Å². The van der Waals surface area contributed by atoms with Crippen LogP contribution in [0.4, 0.5) is 13.2 Å². The average Bonchev–Trinajstić information content (AvgIpc) is 2.86. The number of halogens is 3. The SMILES string of the molecule is CC(C)NCc1ccc(Cn2ccc(C(F)(F)F)n2)cc1. The summed E-state index contributed by atoms with van der Waals surface area (Å²) in [6, 6.07) is 9.16. The van der Waals surface area contributed by atoms with Crippen LogP contribution in [0, 0.1) is 0 Å². The molecule has 21 heavy (non-hydrogen) atoms. The molecule has 1 aromatic heterocycles. The van der Waals surface area contributed by atoms with Crippen LogP contribution in [0.5, 0.6) is 0 Å². The number of hydrogen-bond acceptors (Lipinski definition) is 2. The van der Waals surface area contributed by atoms with Crippen molar-refractivity contribution in [3.8, 4) is 0 Å². The van der Waals surface area contributed by atoms with Gasteiger partial charge in [-0.2, -0.15) is 18.3 Å². The highest BCUT2D eigenvalue weighted by Crippen LogP contribution is 2.27. The minimum absolute atomic E-state index is 0.327. The lowest BCUT2D eigenvalue weighted by Gasteiger charge is -2.09. The molecule has 0 aliphatic rings. The van der Waals surface area contributed by atoms with Crippen LogP contribution in [0.1, 0.15) is 30.7 Å². The Labute approximate surface area is 121 Å². The van der Waals surface area contributed by atoms with Crippen molar-refractivity contribution in [2.75, 3.05) is 0 Å². The zero-order valence-electron chi connectivity index (χ0n) is 12.0. The van der Waals surface area contributed by atoms with E-state index in [9.17, 15) is 13.2 Å². The fourth-order valence-electron chi connectivity index (χ4n) is 1.87. The first-order valence-corrected chi connectivity index (χ1v) is 6.76. The zero-order chi connectivity index (χ0) is 15.5. The van der Waals surface area contributed by atoms with Crippen molar-refractivity contribution in [1.82, 2.24) is 15.1 Å². The molecule has 2 rings (SSSR count). The second-order valence-electron chi connectivity index (χ2n) is 5.25. The first-order valence-electron chi connectivity index (χ1n) is 6.76. The maximum absolute atomic E-state index is 12.5. The maximum Gasteiger partial charge on any atom is 0.435 e.